The lowest BCUT2D eigenvalue weighted by Gasteiger charge is -2.01. The Bertz CT molecular complexity index is 6520. The lowest BCUT2D eigenvalue weighted by molar-refractivity contribution is -0.909. The standard InChI is InChI=1S/2C7H7N3O.2C7H8N2O3.C7H10NO2.C7H9NO.C6H6N2O3.C6H7N2O3.C6H6N2O3.2C6H8N2O.C6H8NO.C3H3BrN2O.4CH4/c1-4-2-6-5(3-9-4)10-7(8)11-6;1-4-6-5(2-3-9-4)11-7(8)10-6;1-5-3-7(12-2)6(4-8-5)9(10)11;1-5-7(9(10)11)6(12-2)3-4-8-5;1-6-5-7(10-2)3-4-8(6)9;1-6-5-7(9-2)3-4-8-6;1-4-2-6(9)5(3-7-4)8(10)11;1-5-4-6(8(10)11)2-3-7(5)9;1-4-6(8(10)11)5(9)2-3-7-4;1-4-2-6(9)5(7)3-8-4;1-4-6(7)5(9)2-3-8-4;1-6-4-2-3-5-7(6)8;1-2-5-6-3(4)7-2;;;;/h2*2-3H,1H3,(H2,8,10);2*3-4H,1-2H3;3-5,9H,1-2H3;3-5H,1-2H3;2-3H,1H3,(H,7,9);2-4,9H,1H3;2-3H,1H3,(H,7,9);2*2-3H,7H2,1H3,(H,8,9);2-5,8H,1H3;1H3;4*1H4/q;;;;+1;;;+1;;;;+1;;;;;. The molecule has 724 valence electrons. The van der Waals surface area contributed by atoms with Gasteiger partial charge in [-0.3, -0.25) is 110 Å². The quantitative estimate of drug-likeness (QED) is 0.0277. The van der Waals surface area contributed by atoms with Gasteiger partial charge in [-0.2, -0.15) is 9.97 Å². The number of aromatic nitrogens is 16. The number of aromatic amines is 4. The summed E-state index contributed by atoms with van der Waals surface area (Å²) in [4.78, 5) is 130. The summed E-state index contributed by atoms with van der Waals surface area (Å²) in [6, 6.07) is 27.3. The van der Waals surface area contributed by atoms with Crippen LogP contribution in [0.3, 0.4) is 0 Å². The normalized spacial score (nSPS) is 9.35. The Kier molecular flexibility index (Phi) is 53.3. The summed E-state index contributed by atoms with van der Waals surface area (Å²) in [5.74, 6) is 2.68. The second-order valence-electron chi connectivity index (χ2n) is 25.9. The Hall–Kier alpha value is -17.6. The van der Waals surface area contributed by atoms with Crippen LogP contribution in [0.4, 0.5) is 51.8 Å². The highest BCUT2D eigenvalue weighted by Gasteiger charge is 2.20. The number of nitro groups is 5. The van der Waals surface area contributed by atoms with E-state index in [1.165, 1.54) is 101 Å². The fourth-order valence-electron chi connectivity index (χ4n) is 9.24. The molecule has 0 saturated carbocycles. The minimum absolute atomic E-state index is 0. The van der Waals surface area contributed by atoms with E-state index in [0.717, 1.165) is 83.3 Å². The molecule has 0 radical (unpaired) electrons. The van der Waals surface area contributed by atoms with Gasteiger partial charge in [0, 0.05) is 202 Å². The van der Waals surface area contributed by atoms with Gasteiger partial charge >= 0.3 is 22.7 Å². The molecule has 15 rings (SSSR count). The highest BCUT2D eigenvalue weighted by atomic mass is 79.9. The third kappa shape index (κ3) is 42.0. The third-order valence-corrected chi connectivity index (χ3v) is 16.2. The SMILES string of the molecule is C.C.C.C.COc1cc(C)ncc1[N+](=O)[O-].COc1cc[n+](O)c(C)c1.COc1ccnc(C)c1.COc1ccnc(C)c1[N+](=O)[O-].Cc1[nH]ccc(=O)c1N.Cc1[nH]ccc(=O)c1[N+](=O)[O-].Cc1cc(=O)c(N)c[nH]1.Cc1cc(=O)c([N+](=O)[O-])c[nH]1.Cc1cc([N+](=O)[O-])cc[n+]1O.Cc1cc2oc(N)nc2cn1.Cc1cccc[n+]1O.Cc1nccc2oc(N)nc12.Cc1nnc(Br)o1. The lowest BCUT2D eigenvalue weighted by atomic mass is 10.3. The average molecular weight is 1950 g/mol. The van der Waals surface area contributed by atoms with E-state index in [-0.39, 0.29) is 98.2 Å². The van der Waals surface area contributed by atoms with Gasteiger partial charge in [-0.05, 0) is 74.4 Å². The number of ether oxygens (including phenoxy) is 4. The van der Waals surface area contributed by atoms with Crippen LogP contribution in [0.2, 0.25) is 0 Å². The number of H-pyrrole nitrogens is 4. The van der Waals surface area contributed by atoms with Gasteiger partial charge in [0.2, 0.25) is 52.4 Å². The molecule has 0 fully saturated rings. The van der Waals surface area contributed by atoms with Crippen LogP contribution >= 0.6 is 15.9 Å². The van der Waals surface area contributed by atoms with E-state index < -0.39 is 41.2 Å². The van der Waals surface area contributed by atoms with Gasteiger partial charge in [0.25, 0.3) is 33.4 Å². The number of aryl methyl sites for hydroxylation is 13. The van der Waals surface area contributed by atoms with E-state index in [1.807, 2.05) is 52.0 Å². The van der Waals surface area contributed by atoms with Crippen molar-refractivity contribution in [2.45, 2.75) is 120 Å². The van der Waals surface area contributed by atoms with Crippen molar-refractivity contribution in [3.63, 3.8) is 0 Å². The molecule has 15 aromatic heterocycles. The van der Waals surface area contributed by atoms with Gasteiger partial charge in [-0.15, -0.1) is 10.2 Å². The average Bonchev–Trinajstić information content (AvgIpc) is 1.70. The number of fused-ring (bicyclic) bond motifs is 2. The van der Waals surface area contributed by atoms with Gasteiger partial charge in [-0.25, -0.2) is 0 Å². The van der Waals surface area contributed by atoms with Crippen LogP contribution < -0.4 is 77.8 Å². The number of methoxy groups -OCH3 is 4. The number of halogens is 1. The van der Waals surface area contributed by atoms with Crippen molar-refractivity contribution in [2.75, 3.05) is 51.4 Å². The van der Waals surface area contributed by atoms with Crippen molar-refractivity contribution in [1.29, 1.82) is 0 Å². The number of anilines is 4. The Morgan fingerprint density at radius 2 is 0.941 bits per heavy atom. The monoisotopic (exact) mass is 1940 g/mol. The zero-order valence-corrected chi connectivity index (χ0v) is 75.0. The minimum atomic E-state index is -0.710. The van der Waals surface area contributed by atoms with E-state index in [0.29, 0.717) is 55.8 Å². The first kappa shape index (κ1) is 119. The maximum Gasteiger partial charge on any atom is 0.335 e. The number of hydrogen-bond donors (Lipinski definition) is 11. The molecule has 0 aliphatic heterocycles. The predicted octanol–water partition coefficient (Wildman–Crippen LogP) is 13.1. The largest absolute Gasteiger partial charge is 0.497 e. The van der Waals surface area contributed by atoms with Crippen molar-refractivity contribution in [1.82, 2.24) is 65.0 Å². The first-order valence-electron chi connectivity index (χ1n) is 37.3. The summed E-state index contributed by atoms with van der Waals surface area (Å²) in [6.45, 7) is 22.6. The molecule has 49 nitrogen and oxygen atoms in total. The lowest BCUT2D eigenvalue weighted by Crippen LogP contribution is -2.32. The summed E-state index contributed by atoms with van der Waals surface area (Å²) in [6.07, 6.45) is 17.6. The highest BCUT2D eigenvalue weighted by Crippen LogP contribution is 2.28. The van der Waals surface area contributed by atoms with E-state index >= 15 is 0 Å². The fraction of sp³-hybridized carbons (Fsp3) is 0.247. The second kappa shape index (κ2) is 60.2. The third-order valence-electron chi connectivity index (χ3n) is 15.9. The van der Waals surface area contributed by atoms with E-state index in [1.54, 1.807) is 131 Å². The highest BCUT2D eigenvalue weighted by molar-refractivity contribution is 9.10. The molecule has 0 bridgehead atoms. The Morgan fingerprint density at radius 1 is 0.430 bits per heavy atom. The predicted molar refractivity (Wildman–Crippen MR) is 504 cm³/mol. The number of nitrogens with zero attached hydrogens (tertiary/aromatic N) is 17. The van der Waals surface area contributed by atoms with Gasteiger partial charge in [0.15, 0.2) is 22.7 Å². The number of pyridine rings is 12. The van der Waals surface area contributed by atoms with Crippen molar-refractivity contribution >= 4 is 90.0 Å². The maximum absolute atomic E-state index is 10.8. The smallest absolute Gasteiger partial charge is 0.335 e. The molecule has 15 heterocycles. The van der Waals surface area contributed by atoms with Crippen LogP contribution in [0.5, 0.6) is 23.0 Å². The molecular weight excluding hydrogens is 1830 g/mol. The molecule has 0 amide bonds. The van der Waals surface area contributed by atoms with Gasteiger partial charge in [0.1, 0.15) is 34.4 Å². The van der Waals surface area contributed by atoms with E-state index in [2.05, 4.69) is 81.0 Å². The number of nitrogens with one attached hydrogen (secondary N) is 4. The molecule has 0 unspecified atom stereocenters. The first-order chi connectivity index (χ1) is 61.7. The second-order valence-corrected chi connectivity index (χ2v) is 26.6. The summed E-state index contributed by atoms with van der Waals surface area (Å²) in [5.41, 5.74) is 30.5. The Labute approximate surface area is 780 Å². The summed E-state index contributed by atoms with van der Waals surface area (Å²) in [5, 5.41) is 85.2. The molecule has 0 aliphatic carbocycles. The Morgan fingerprint density at radius 3 is 1.39 bits per heavy atom. The van der Waals surface area contributed by atoms with Crippen molar-refractivity contribution in [3.05, 3.63) is 348 Å². The molecule has 0 aliphatic rings. The molecule has 0 spiro atoms. The van der Waals surface area contributed by atoms with Crippen LogP contribution in [0.15, 0.2) is 215 Å². The molecule has 0 saturated heterocycles. The Balaban J connectivity index is 0. The van der Waals surface area contributed by atoms with Crippen LogP contribution in [0.25, 0.3) is 22.2 Å². The van der Waals surface area contributed by atoms with Crippen LogP contribution in [0, 0.1) is 141 Å². The molecule has 15 N–H and O–H groups in total. The first-order valence-corrected chi connectivity index (χ1v) is 38.1. The minimum Gasteiger partial charge on any atom is -0.497 e. The zero-order valence-electron chi connectivity index (χ0n) is 73.4. The fourth-order valence-corrected chi connectivity index (χ4v) is 9.55. The topological polar surface area (TPSA) is 716 Å². The van der Waals surface area contributed by atoms with Crippen molar-refractivity contribution < 1.29 is 86.6 Å². The molecule has 50 heteroatoms. The number of oxazole rings is 2. The van der Waals surface area contributed by atoms with E-state index in [4.69, 9.17) is 70.8 Å². The van der Waals surface area contributed by atoms with Crippen LogP contribution in [-0.4, -0.2) is 134 Å². The molecule has 135 heavy (non-hydrogen) atoms. The number of nitrogens with two attached hydrogens (primary N) is 4. The van der Waals surface area contributed by atoms with Crippen molar-refractivity contribution in [3.8, 4) is 23.0 Å². The number of rotatable bonds is 9. The molecule has 15 aromatic rings. The zero-order chi connectivity index (χ0) is 98.5. The summed E-state index contributed by atoms with van der Waals surface area (Å²) < 4.78 is 37.4. The van der Waals surface area contributed by atoms with Crippen LogP contribution in [0.1, 0.15) is 104 Å². The van der Waals surface area contributed by atoms with Crippen LogP contribution in [-0.2, 0) is 0 Å². The maximum atomic E-state index is 10.8. The molecule has 0 atom stereocenters. The molecule has 0 aromatic carbocycles. The van der Waals surface area contributed by atoms with E-state index in [9.17, 15) is 69.7 Å². The van der Waals surface area contributed by atoms with Crippen molar-refractivity contribution in [2.24, 2.45) is 0 Å². The summed E-state index contributed by atoms with van der Waals surface area (Å²) in [7, 11) is 6.02. The van der Waals surface area contributed by atoms with Gasteiger partial charge in [0.05, 0.1) is 106 Å². The number of hydrogen-bond acceptors (Lipinski definition) is 37. The molecular formula is C85H111BrN25O24+3. The van der Waals surface area contributed by atoms with Gasteiger partial charge < -0.3 is 75.1 Å². The number of nitrogen functional groups attached to an aromatic ring is 4. The summed E-state index contributed by atoms with van der Waals surface area (Å²) >= 11 is 2.99. The van der Waals surface area contributed by atoms with Gasteiger partial charge in [-0.1, -0.05) is 29.7 Å².